The second kappa shape index (κ2) is 6.63. The zero-order chi connectivity index (χ0) is 17.3. The lowest BCUT2D eigenvalue weighted by molar-refractivity contribution is -0.140. The molecule has 0 N–H and O–H groups in total. The fourth-order valence-electron chi connectivity index (χ4n) is 3.28. The van der Waals surface area contributed by atoms with Crippen LogP contribution < -0.4 is 9.04 Å². The van der Waals surface area contributed by atoms with Gasteiger partial charge in [-0.15, -0.1) is 0 Å². The van der Waals surface area contributed by atoms with Gasteiger partial charge in [-0.25, -0.2) is 8.42 Å². The van der Waals surface area contributed by atoms with Gasteiger partial charge < -0.3 is 9.64 Å². The molecule has 3 rings (SSSR count). The van der Waals surface area contributed by atoms with Crippen molar-refractivity contribution in [2.24, 2.45) is 5.92 Å². The molecule has 7 heteroatoms. The first-order chi connectivity index (χ1) is 11.4. The van der Waals surface area contributed by atoms with Gasteiger partial charge in [-0.3, -0.25) is 9.10 Å². The minimum Gasteiger partial charge on any atom is -0.478 e. The molecule has 1 aromatic rings. The summed E-state index contributed by atoms with van der Waals surface area (Å²) in [5, 5.41) is 0. The van der Waals surface area contributed by atoms with Crippen molar-refractivity contribution in [1.82, 2.24) is 4.90 Å². The minimum atomic E-state index is -3.42. The van der Waals surface area contributed by atoms with Gasteiger partial charge in [0.15, 0.2) is 6.10 Å². The highest BCUT2D eigenvalue weighted by molar-refractivity contribution is 7.92. The Morgan fingerprint density at radius 2 is 1.79 bits per heavy atom. The molecule has 2 aliphatic heterocycles. The summed E-state index contributed by atoms with van der Waals surface area (Å²) >= 11 is 0. The van der Waals surface area contributed by atoms with Crippen molar-refractivity contribution in [1.29, 1.82) is 0 Å². The molecule has 132 valence electrons. The van der Waals surface area contributed by atoms with Gasteiger partial charge in [0.05, 0.1) is 11.9 Å². The zero-order valence-corrected chi connectivity index (χ0v) is 15.0. The standard InChI is InChI=1S/C17H24N2O4S/c1-13-7-10-18(11-8-13)17(20)16-9-12-19(24(2,21)22)14-5-3-4-6-15(14)23-16/h3-6,13,16H,7-12H2,1-2H3/t16-/m0/s1. The third kappa shape index (κ3) is 3.50. The van der Waals surface area contributed by atoms with Crippen LogP contribution >= 0.6 is 0 Å². The van der Waals surface area contributed by atoms with Gasteiger partial charge in [-0.05, 0) is 30.9 Å². The fourth-order valence-corrected chi connectivity index (χ4v) is 4.23. The van der Waals surface area contributed by atoms with E-state index in [1.54, 1.807) is 24.3 Å². The number of nitrogens with zero attached hydrogens (tertiary/aromatic N) is 2. The maximum atomic E-state index is 12.8. The highest BCUT2D eigenvalue weighted by Crippen LogP contribution is 2.34. The maximum absolute atomic E-state index is 12.8. The average Bonchev–Trinajstić information content (AvgIpc) is 2.74. The van der Waals surface area contributed by atoms with E-state index in [0.717, 1.165) is 25.9 Å². The quantitative estimate of drug-likeness (QED) is 0.815. The summed E-state index contributed by atoms with van der Waals surface area (Å²) in [6.45, 7) is 3.94. The molecule has 0 aromatic heterocycles. The summed E-state index contributed by atoms with van der Waals surface area (Å²) in [4.78, 5) is 14.7. The summed E-state index contributed by atoms with van der Waals surface area (Å²) in [5.74, 6) is 1.06. The van der Waals surface area contributed by atoms with Crippen molar-refractivity contribution in [3.63, 3.8) is 0 Å². The Balaban J connectivity index is 1.83. The molecule has 0 radical (unpaired) electrons. The number of piperidine rings is 1. The molecule has 1 amide bonds. The lowest BCUT2D eigenvalue weighted by Gasteiger charge is -2.32. The number of hydrogen-bond acceptors (Lipinski definition) is 4. The highest BCUT2D eigenvalue weighted by atomic mass is 32.2. The number of ether oxygens (including phenoxy) is 1. The number of rotatable bonds is 2. The topological polar surface area (TPSA) is 66.9 Å². The van der Waals surface area contributed by atoms with Crippen LogP contribution in [0.15, 0.2) is 24.3 Å². The van der Waals surface area contributed by atoms with Crippen LogP contribution in [-0.2, 0) is 14.8 Å². The monoisotopic (exact) mass is 352 g/mol. The number of anilines is 1. The van der Waals surface area contributed by atoms with Crippen LogP contribution in [0.1, 0.15) is 26.2 Å². The molecule has 1 atom stereocenters. The number of carbonyl (C=O) groups excluding carboxylic acids is 1. The van der Waals surface area contributed by atoms with E-state index in [1.807, 2.05) is 4.90 Å². The average molecular weight is 352 g/mol. The second-order valence-corrected chi connectivity index (χ2v) is 8.61. The van der Waals surface area contributed by atoms with Crippen LogP contribution in [0.4, 0.5) is 5.69 Å². The lowest BCUT2D eigenvalue weighted by Crippen LogP contribution is -2.46. The Morgan fingerprint density at radius 3 is 2.46 bits per heavy atom. The zero-order valence-electron chi connectivity index (χ0n) is 14.1. The molecular formula is C17H24N2O4S. The van der Waals surface area contributed by atoms with E-state index in [2.05, 4.69) is 6.92 Å². The number of para-hydroxylation sites is 2. The van der Waals surface area contributed by atoms with E-state index < -0.39 is 16.1 Å². The largest absolute Gasteiger partial charge is 0.478 e. The SMILES string of the molecule is CC1CCN(C(=O)[C@@H]2CCN(S(C)(=O)=O)c3ccccc3O2)CC1. The van der Waals surface area contributed by atoms with E-state index >= 15 is 0 Å². The van der Waals surface area contributed by atoms with E-state index in [1.165, 1.54) is 10.6 Å². The number of benzene rings is 1. The number of sulfonamides is 1. The third-order valence-electron chi connectivity index (χ3n) is 4.77. The van der Waals surface area contributed by atoms with Crippen LogP contribution in [0.2, 0.25) is 0 Å². The molecule has 2 aliphatic rings. The fraction of sp³-hybridized carbons (Fsp3) is 0.588. The van der Waals surface area contributed by atoms with Crippen molar-refractivity contribution in [2.75, 3.05) is 30.2 Å². The summed E-state index contributed by atoms with van der Waals surface area (Å²) < 4.78 is 31.4. The molecule has 0 saturated carbocycles. The highest BCUT2D eigenvalue weighted by Gasteiger charge is 2.34. The normalized spacial score (nSPS) is 22.5. The lowest BCUT2D eigenvalue weighted by atomic mass is 9.98. The van der Waals surface area contributed by atoms with E-state index in [9.17, 15) is 13.2 Å². The van der Waals surface area contributed by atoms with Crippen LogP contribution in [-0.4, -0.2) is 51.2 Å². The summed E-state index contributed by atoms with van der Waals surface area (Å²) in [5.41, 5.74) is 0.502. The Labute approximate surface area is 143 Å². The van der Waals surface area contributed by atoms with Crippen LogP contribution in [0.25, 0.3) is 0 Å². The van der Waals surface area contributed by atoms with Gasteiger partial charge in [0.25, 0.3) is 5.91 Å². The molecule has 1 fully saturated rings. The van der Waals surface area contributed by atoms with Gasteiger partial charge >= 0.3 is 0 Å². The predicted octanol–water partition coefficient (Wildman–Crippen LogP) is 1.86. The number of fused-ring (bicyclic) bond motifs is 1. The number of hydrogen-bond donors (Lipinski definition) is 0. The van der Waals surface area contributed by atoms with Crippen molar-refractivity contribution >= 4 is 21.6 Å². The van der Waals surface area contributed by atoms with E-state index in [0.29, 0.717) is 23.8 Å². The molecule has 0 unspecified atom stereocenters. The Morgan fingerprint density at radius 1 is 1.12 bits per heavy atom. The van der Waals surface area contributed by atoms with Gasteiger partial charge in [-0.1, -0.05) is 19.1 Å². The number of likely N-dealkylation sites (tertiary alicyclic amines) is 1. The number of amides is 1. The van der Waals surface area contributed by atoms with Crippen molar-refractivity contribution < 1.29 is 17.9 Å². The maximum Gasteiger partial charge on any atom is 0.263 e. The predicted molar refractivity (Wildman–Crippen MR) is 92.6 cm³/mol. The molecule has 0 aliphatic carbocycles. The number of carbonyl (C=O) groups is 1. The molecule has 1 aromatic carbocycles. The summed E-state index contributed by atoms with van der Waals surface area (Å²) in [7, 11) is -3.42. The first-order valence-electron chi connectivity index (χ1n) is 8.38. The molecule has 0 spiro atoms. The Kier molecular flexibility index (Phi) is 4.71. The Bertz CT molecular complexity index is 711. The molecule has 2 heterocycles. The van der Waals surface area contributed by atoms with Crippen LogP contribution in [0.5, 0.6) is 5.75 Å². The molecule has 24 heavy (non-hydrogen) atoms. The van der Waals surface area contributed by atoms with Crippen molar-refractivity contribution in [2.45, 2.75) is 32.3 Å². The van der Waals surface area contributed by atoms with Gasteiger partial charge in [0.2, 0.25) is 10.0 Å². The van der Waals surface area contributed by atoms with Crippen LogP contribution in [0, 0.1) is 5.92 Å². The second-order valence-electron chi connectivity index (χ2n) is 6.71. The molecular weight excluding hydrogens is 328 g/mol. The molecule has 0 bridgehead atoms. The molecule has 1 saturated heterocycles. The van der Waals surface area contributed by atoms with Gasteiger partial charge in [0.1, 0.15) is 5.75 Å². The Hall–Kier alpha value is -1.76. The van der Waals surface area contributed by atoms with Crippen molar-refractivity contribution in [3.05, 3.63) is 24.3 Å². The first-order valence-corrected chi connectivity index (χ1v) is 10.2. The smallest absolute Gasteiger partial charge is 0.263 e. The van der Waals surface area contributed by atoms with Gasteiger partial charge in [-0.2, -0.15) is 0 Å². The summed E-state index contributed by atoms with van der Waals surface area (Å²) in [6.07, 6.45) is 2.91. The summed E-state index contributed by atoms with van der Waals surface area (Å²) in [6, 6.07) is 6.99. The van der Waals surface area contributed by atoms with Gasteiger partial charge in [0, 0.05) is 26.1 Å². The van der Waals surface area contributed by atoms with Crippen molar-refractivity contribution in [3.8, 4) is 5.75 Å². The van der Waals surface area contributed by atoms with Crippen LogP contribution in [0.3, 0.4) is 0 Å². The minimum absolute atomic E-state index is 0.0351. The third-order valence-corrected chi connectivity index (χ3v) is 5.95. The van der Waals surface area contributed by atoms with E-state index in [4.69, 9.17) is 4.74 Å². The molecule has 6 nitrogen and oxygen atoms in total. The first kappa shape index (κ1) is 17.1. The van der Waals surface area contributed by atoms with E-state index in [-0.39, 0.29) is 12.5 Å².